The highest BCUT2D eigenvalue weighted by Gasteiger charge is 2.26. The van der Waals surface area contributed by atoms with Gasteiger partial charge in [0.25, 0.3) is 5.22 Å². The molecule has 10 heteroatoms. The van der Waals surface area contributed by atoms with Crippen molar-refractivity contribution in [1.29, 1.82) is 0 Å². The molecule has 25 heavy (non-hydrogen) atoms. The van der Waals surface area contributed by atoms with E-state index in [1.54, 1.807) is 0 Å². The fraction of sp³-hybridized carbons (Fsp3) is 0.0667. The topological polar surface area (TPSA) is 73.1 Å². The summed E-state index contributed by atoms with van der Waals surface area (Å²) in [5.41, 5.74) is 0.736. The number of alkyl halides is 2. The molecule has 0 bridgehead atoms. The zero-order valence-corrected chi connectivity index (χ0v) is 15.5. The zero-order valence-electron chi connectivity index (χ0n) is 12.3. The molecule has 0 unspecified atom stereocenters. The van der Waals surface area contributed by atoms with Gasteiger partial charge in [0.1, 0.15) is 0 Å². The summed E-state index contributed by atoms with van der Waals surface area (Å²) in [5.74, 6) is -3.12. The highest BCUT2D eigenvalue weighted by molar-refractivity contribution is 9.10. The molecule has 0 fully saturated rings. The van der Waals surface area contributed by atoms with E-state index in [1.807, 2.05) is 24.3 Å². The minimum Gasteiger partial charge on any atom is -0.411 e. The van der Waals surface area contributed by atoms with E-state index >= 15 is 0 Å². The molecular formula is C15H9BrF2N2O3S2. The van der Waals surface area contributed by atoms with Crippen molar-refractivity contribution in [1.82, 2.24) is 10.2 Å². The summed E-state index contributed by atoms with van der Waals surface area (Å²) < 4.78 is 54.2. The van der Waals surface area contributed by atoms with Crippen molar-refractivity contribution in [2.75, 3.05) is 0 Å². The number of benzene rings is 2. The maximum atomic E-state index is 12.5. The van der Waals surface area contributed by atoms with Gasteiger partial charge in [-0.05, 0) is 64.1 Å². The third-order valence-corrected chi connectivity index (χ3v) is 6.04. The molecule has 3 aromatic rings. The summed E-state index contributed by atoms with van der Waals surface area (Å²) >= 11 is 4.49. The number of rotatable bonds is 5. The molecule has 0 spiro atoms. The molecule has 0 aliphatic carbocycles. The Labute approximate surface area is 154 Å². The van der Waals surface area contributed by atoms with Crippen molar-refractivity contribution in [3.63, 3.8) is 0 Å². The maximum Gasteiger partial charge on any atom is 0.341 e. The average molecular weight is 447 g/mol. The number of aromatic nitrogens is 2. The summed E-state index contributed by atoms with van der Waals surface area (Å²) in [6.07, 6.45) is 0. The molecule has 0 aliphatic rings. The van der Waals surface area contributed by atoms with Gasteiger partial charge in [0, 0.05) is 9.37 Å². The van der Waals surface area contributed by atoms with Gasteiger partial charge in [0.15, 0.2) is 0 Å². The van der Waals surface area contributed by atoms with Gasteiger partial charge in [0.05, 0.1) is 10.5 Å². The van der Waals surface area contributed by atoms with E-state index in [1.165, 1.54) is 12.1 Å². The van der Waals surface area contributed by atoms with Gasteiger partial charge >= 0.3 is 5.76 Å². The van der Waals surface area contributed by atoms with Gasteiger partial charge in [0.2, 0.25) is 15.7 Å². The van der Waals surface area contributed by atoms with Crippen LogP contribution in [0.1, 0.15) is 0 Å². The molecule has 0 saturated carbocycles. The number of sulfone groups is 1. The first-order valence-corrected chi connectivity index (χ1v) is 9.92. The Bertz CT molecular complexity index is 992. The Balaban J connectivity index is 1.79. The Morgan fingerprint density at radius 2 is 1.72 bits per heavy atom. The first-order valence-electron chi connectivity index (χ1n) is 6.76. The van der Waals surface area contributed by atoms with Crippen LogP contribution in [0.15, 0.2) is 72.4 Å². The van der Waals surface area contributed by atoms with Crippen LogP contribution in [0.2, 0.25) is 0 Å². The minimum absolute atomic E-state index is 0.246. The molecule has 0 N–H and O–H groups in total. The fourth-order valence-electron chi connectivity index (χ4n) is 1.90. The van der Waals surface area contributed by atoms with Crippen LogP contribution >= 0.6 is 27.7 Å². The van der Waals surface area contributed by atoms with Crippen molar-refractivity contribution in [3.8, 4) is 11.5 Å². The summed E-state index contributed by atoms with van der Waals surface area (Å²) in [6.45, 7) is 0. The molecule has 130 valence electrons. The molecule has 0 amide bonds. The van der Waals surface area contributed by atoms with Crippen LogP contribution in [0.25, 0.3) is 11.5 Å². The first-order chi connectivity index (χ1) is 11.9. The highest BCUT2D eigenvalue weighted by atomic mass is 79.9. The second-order valence-corrected chi connectivity index (χ2v) is 8.53. The van der Waals surface area contributed by atoms with E-state index in [4.69, 9.17) is 4.42 Å². The molecular weight excluding hydrogens is 438 g/mol. The molecule has 3 rings (SSSR count). The normalized spacial score (nSPS) is 11.8. The Morgan fingerprint density at radius 3 is 2.36 bits per heavy atom. The lowest BCUT2D eigenvalue weighted by molar-refractivity contribution is 0.234. The quantitative estimate of drug-likeness (QED) is 0.567. The third-order valence-electron chi connectivity index (χ3n) is 3.10. The van der Waals surface area contributed by atoms with Crippen molar-refractivity contribution in [2.24, 2.45) is 0 Å². The summed E-state index contributed by atoms with van der Waals surface area (Å²) in [6, 6.07) is 12.4. The summed E-state index contributed by atoms with van der Waals surface area (Å²) in [7, 11) is -4.60. The molecule has 1 heterocycles. The lowest BCUT2D eigenvalue weighted by atomic mass is 10.2. The summed E-state index contributed by atoms with van der Waals surface area (Å²) in [4.78, 5) is 0.141. The summed E-state index contributed by atoms with van der Waals surface area (Å²) in [5, 5.41) is 8.12. The Hall–Kier alpha value is -1.78. The average Bonchev–Trinajstić information content (AvgIpc) is 3.04. The molecule has 1 aromatic heterocycles. The van der Waals surface area contributed by atoms with Crippen molar-refractivity contribution in [2.45, 2.75) is 20.8 Å². The monoisotopic (exact) mass is 446 g/mol. The van der Waals surface area contributed by atoms with Crippen LogP contribution in [0.3, 0.4) is 0 Å². The van der Waals surface area contributed by atoms with Crippen LogP contribution < -0.4 is 0 Å². The molecule has 2 aromatic carbocycles. The number of hydrogen-bond acceptors (Lipinski definition) is 6. The van der Waals surface area contributed by atoms with Crippen molar-refractivity contribution in [3.05, 3.63) is 53.0 Å². The van der Waals surface area contributed by atoms with E-state index < -0.39 is 20.5 Å². The molecule has 0 atom stereocenters. The van der Waals surface area contributed by atoms with Crippen LogP contribution in [0.4, 0.5) is 8.78 Å². The number of hydrogen-bond donors (Lipinski definition) is 0. The maximum absolute atomic E-state index is 12.5. The molecule has 0 aliphatic heterocycles. The SMILES string of the molecule is O=S(=O)(c1ccc(Sc2nnc(-c3ccccc3Br)o2)cc1)C(F)F. The van der Waals surface area contributed by atoms with Crippen LogP contribution in [0, 0.1) is 0 Å². The van der Waals surface area contributed by atoms with Crippen LogP contribution in [-0.2, 0) is 9.84 Å². The van der Waals surface area contributed by atoms with E-state index in [0.29, 0.717) is 10.8 Å². The van der Waals surface area contributed by atoms with Gasteiger partial charge in [-0.25, -0.2) is 8.42 Å². The second-order valence-electron chi connectivity index (χ2n) is 4.73. The van der Waals surface area contributed by atoms with Gasteiger partial charge < -0.3 is 4.42 Å². The Kier molecular flexibility index (Phi) is 5.21. The van der Waals surface area contributed by atoms with Crippen molar-refractivity contribution >= 4 is 37.5 Å². The standard InChI is InChI=1S/C15H9BrF2N2O3S2/c16-12-4-2-1-3-11(12)13-19-20-15(23-13)24-9-5-7-10(8-6-9)25(21,22)14(17)18/h1-8,14H. The van der Waals surface area contributed by atoms with Gasteiger partial charge in [-0.3, -0.25) is 0 Å². The molecule has 5 nitrogen and oxygen atoms in total. The first kappa shape index (κ1) is 18.0. The molecule has 0 saturated heterocycles. The van der Waals surface area contributed by atoms with Crippen LogP contribution in [-0.4, -0.2) is 24.4 Å². The predicted molar refractivity (Wildman–Crippen MR) is 91.2 cm³/mol. The van der Waals surface area contributed by atoms with Gasteiger partial charge in [-0.15, -0.1) is 10.2 Å². The fourth-order valence-corrected chi connectivity index (χ4v) is 3.75. The predicted octanol–water partition coefficient (Wildman–Crippen LogP) is 4.65. The van der Waals surface area contributed by atoms with E-state index in [9.17, 15) is 17.2 Å². The lowest BCUT2D eigenvalue weighted by Gasteiger charge is -2.03. The number of nitrogens with zero attached hydrogens (tertiary/aromatic N) is 2. The lowest BCUT2D eigenvalue weighted by Crippen LogP contribution is -2.10. The van der Waals surface area contributed by atoms with E-state index in [-0.39, 0.29) is 5.22 Å². The molecule has 0 radical (unpaired) electrons. The minimum atomic E-state index is -4.60. The van der Waals surface area contributed by atoms with E-state index in [0.717, 1.165) is 33.9 Å². The van der Waals surface area contributed by atoms with Crippen LogP contribution in [0.5, 0.6) is 0 Å². The second kappa shape index (κ2) is 7.22. The van der Waals surface area contributed by atoms with Gasteiger partial charge in [-0.1, -0.05) is 12.1 Å². The highest BCUT2D eigenvalue weighted by Crippen LogP contribution is 2.32. The van der Waals surface area contributed by atoms with E-state index in [2.05, 4.69) is 26.1 Å². The smallest absolute Gasteiger partial charge is 0.341 e. The largest absolute Gasteiger partial charge is 0.411 e. The zero-order chi connectivity index (χ0) is 18.0. The third kappa shape index (κ3) is 3.91. The van der Waals surface area contributed by atoms with Gasteiger partial charge in [-0.2, -0.15) is 8.78 Å². The van der Waals surface area contributed by atoms with Crippen molar-refractivity contribution < 1.29 is 21.6 Å². The number of halogens is 3. The Morgan fingerprint density at radius 1 is 1.04 bits per heavy atom.